The summed E-state index contributed by atoms with van der Waals surface area (Å²) in [7, 11) is 0. The molecular formula is C22H26N2O3. The second-order valence-electron chi connectivity index (χ2n) is 7.39. The molecule has 2 unspecified atom stereocenters. The molecule has 1 saturated carbocycles. The maximum Gasteiger partial charge on any atom is 0.228 e. The van der Waals surface area contributed by atoms with Crippen LogP contribution in [-0.2, 0) is 9.59 Å². The van der Waals surface area contributed by atoms with E-state index in [1.807, 2.05) is 70.2 Å². The Bertz CT molecular complexity index is 860. The lowest BCUT2D eigenvalue weighted by molar-refractivity contribution is -0.122. The fourth-order valence-electron chi connectivity index (χ4n) is 2.98. The van der Waals surface area contributed by atoms with Crippen molar-refractivity contribution in [2.75, 3.05) is 10.6 Å². The first-order valence-electron chi connectivity index (χ1n) is 9.30. The Labute approximate surface area is 160 Å². The van der Waals surface area contributed by atoms with Gasteiger partial charge in [0.05, 0.1) is 23.6 Å². The molecule has 2 atom stereocenters. The topological polar surface area (TPSA) is 67.4 Å². The van der Waals surface area contributed by atoms with Crippen LogP contribution in [-0.4, -0.2) is 17.9 Å². The third-order valence-electron chi connectivity index (χ3n) is 4.75. The lowest BCUT2D eigenvalue weighted by atomic mass is 10.1. The van der Waals surface area contributed by atoms with E-state index in [0.29, 0.717) is 17.9 Å². The van der Waals surface area contributed by atoms with E-state index in [1.54, 1.807) is 0 Å². The van der Waals surface area contributed by atoms with Gasteiger partial charge in [0.25, 0.3) is 0 Å². The number of aryl methyl sites for hydroxylation is 2. The van der Waals surface area contributed by atoms with E-state index < -0.39 is 0 Å². The number of carbonyl (C=O) groups is 2. The SMILES string of the molecule is Cc1ccc(NC(=O)C2CC2C(=O)Nc2ccccc2OC(C)C)cc1C. The molecule has 2 N–H and O–H groups in total. The van der Waals surface area contributed by atoms with Crippen LogP contribution in [0.4, 0.5) is 11.4 Å². The van der Waals surface area contributed by atoms with Crippen molar-refractivity contribution >= 4 is 23.2 Å². The molecule has 0 bridgehead atoms. The number of nitrogens with one attached hydrogen (secondary N) is 2. The summed E-state index contributed by atoms with van der Waals surface area (Å²) in [6, 6.07) is 13.2. The summed E-state index contributed by atoms with van der Waals surface area (Å²) in [5, 5.41) is 5.81. The van der Waals surface area contributed by atoms with Crippen molar-refractivity contribution in [2.24, 2.45) is 11.8 Å². The van der Waals surface area contributed by atoms with Gasteiger partial charge in [-0.05, 0) is 69.5 Å². The van der Waals surface area contributed by atoms with Gasteiger partial charge in [-0.2, -0.15) is 0 Å². The number of carbonyl (C=O) groups excluding carboxylic acids is 2. The molecule has 5 heteroatoms. The van der Waals surface area contributed by atoms with Crippen LogP contribution in [0.1, 0.15) is 31.4 Å². The van der Waals surface area contributed by atoms with Crippen LogP contribution in [0.5, 0.6) is 5.75 Å². The van der Waals surface area contributed by atoms with Crippen molar-refractivity contribution in [3.8, 4) is 5.75 Å². The number of anilines is 2. The minimum atomic E-state index is -0.302. The van der Waals surface area contributed by atoms with Gasteiger partial charge >= 0.3 is 0 Å². The van der Waals surface area contributed by atoms with Crippen molar-refractivity contribution in [3.05, 3.63) is 53.6 Å². The predicted octanol–water partition coefficient (Wildman–Crippen LogP) is 4.30. The molecule has 0 aromatic heterocycles. The summed E-state index contributed by atoms with van der Waals surface area (Å²) >= 11 is 0. The minimum Gasteiger partial charge on any atom is -0.489 e. The lowest BCUT2D eigenvalue weighted by Crippen LogP contribution is -2.21. The van der Waals surface area contributed by atoms with Gasteiger partial charge in [-0.15, -0.1) is 0 Å². The van der Waals surface area contributed by atoms with E-state index in [4.69, 9.17) is 4.74 Å². The summed E-state index contributed by atoms with van der Waals surface area (Å²) in [5.41, 5.74) is 3.71. The fraction of sp³-hybridized carbons (Fsp3) is 0.364. The molecule has 1 aliphatic rings. The first-order chi connectivity index (χ1) is 12.8. The number of ether oxygens (including phenoxy) is 1. The zero-order valence-electron chi connectivity index (χ0n) is 16.2. The second kappa shape index (κ2) is 7.82. The molecule has 2 aromatic rings. The molecule has 1 aliphatic carbocycles. The number of rotatable bonds is 6. The molecule has 0 heterocycles. The number of hydrogen-bond donors (Lipinski definition) is 2. The van der Waals surface area contributed by atoms with Gasteiger partial charge in [0.2, 0.25) is 11.8 Å². The van der Waals surface area contributed by atoms with Crippen molar-refractivity contribution in [2.45, 2.75) is 40.2 Å². The average molecular weight is 366 g/mol. The number of amides is 2. The maximum absolute atomic E-state index is 12.5. The summed E-state index contributed by atoms with van der Waals surface area (Å²) in [4.78, 5) is 25.0. The molecule has 1 fully saturated rings. The van der Waals surface area contributed by atoms with Crippen molar-refractivity contribution in [1.29, 1.82) is 0 Å². The zero-order chi connectivity index (χ0) is 19.6. The van der Waals surface area contributed by atoms with Gasteiger partial charge in [-0.1, -0.05) is 18.2 Å². The van der Waals surface area contributed by atoms with Gasteiger partial charge in [-0.3, -0.25) is 9.59 Å². The van der Waals surface area contributed by atoms with Crippen LogP contribution in [0.3, 0.4) is 0 Å². The molecule has 27 heavy (non-hydrogen) atoms. The minimum absolute atomic E-state index is 0.0143. The van der Waals surface area contributed by atoms with Crippen molar-refractivity contribution in [1.82, 2.24) is 0 Å². The Hall–Kier alpha value is -2.82. The molecule has 2 amide bonds. The highest BCUT2D eigenvalue weighted by Gasteiger charge is 2.48. The number of para-hydroxylation sites is 2. The molecule has 0 radical (unpaired) electrons. The summed E-state index contributed by atoms with van der Waals surface area (Å²) in [5.74, 6) is -0.203. The van der Waals surface area contributed by atoms with Crippen molar-refractivity contribution in [3.63, 3.8) is 0 Å². The highest BCUT2D eigenvalue weighted by molar-refractivity contribution is 6.03. The monoisotopic (exact) mass is 366 g/mol. The Morgan fingerprint density at radius 2 is 1.63 bits per heavy atom. The summed E-state index contributed by atoms with van der Waals surface area (Å²) in [6.45, 7) is 7.91. The predicted molar refractivity (Wildman–Crippen MR) is 107 cm³/mol. The molecule has 3 rings (SSSR count). The lowest BCUT2D eigenvalue weighted by Gasteiger charge is -2.14. The van der Waals surface area contributed by atoms with E-state index in [9.17, 15) is 9.59 Å². The van der Waals surface area contributed by atoms with Crippen molar-refractivity contribution < 1.29 is 14.3 Å². The summed E-state index contributed by atoms with van der Waals surface area (Å²) < 4.78 is 5.73. The van der Waals surface area contributed by atoms with Crippen LogP contribution >= 0.6 is 0 Å². The van der Waals surface area contributed by atoms with Crippen LogP contribution in [0.2, 0.25) is 0 Å². The number of benzene rings is 2. The van der Waals surface area contributed by atoms with Gasteiger partial charge in [0.15, 0.2) is 0 Å². The van der Waals surface area contributed by atoms with Gasteiger partial charge < -0.3 is 15.4 Å². The number of hydrogen-bond acceptors (Lipinski definition) is 3. The largest absolute Gasteiger partial charge is 0.489 e. The van der Waals surface area contributed by atoms with E-state index in [0.717, 1.165) is 11.3 Å². The van der Waals surface area contributed by atoms with E-state index in [2.05, 4.69) is 10.6 Å². The van der Waals surface area contributed by atoms with E-state index in [1.165, 1.54) is 5.56 Å². The Morgan fingerprint density at radius 1 is 0.963 bits per heavy atom. The molecule has 0 aliphatic heterocycles. The Balaban J connectivity index is 1.59. The Kier molecular flexibility index (Phi) is 5.49. The zero-order valence-corrected chi connectivity index (χ0v) is 16.2. The third kappa shape index (κ3) is 4.67. The second-order valence-corrected chi connectivity index (χ2v) is 7.39. The van der Waals surface area contributed by atoms with Gasteiger partial charge in [-0.25, -0.2) is 0 Å². The molecule has 0 saturated heterocycles. The normalized spacial score (nSPS) is 18.1. The highest BCUT2D eigenvalue weighted by atomic mass is 16.5. The maximum atomic E-state index is 12.5. The third-order valence-corrected chi connectivity index (χ3v) is 4.75. The van der Waals surface area contributed by atoms with Crippen LogP contribution in [0.15, 0.2) is 42.5 Å². The molecular weight excluding hydrogens is 340 g/mol. The fourth-order valence-corrected chi connectivity index (χ4v) is 2.98. The first kappa shape index (κ1) is 19.0. The van der Waals surface area contributed by atoms with Gasteiger partial charge in [0.1, 0.15) is 5.75 Å². The quantitative estimate of drug-likeness (QED) is 0.801. The van der Waals surface area contributed by atoms with E-state index >= 15 is 0 Å². The smallest absolute Gasteiger partial charge is 0.228 e. The van der Waals surface area contributed by atoms with E-state index in [-0.39, 0.29) is 29.8 Å². The molecule has 142 valence electrons. The van der Waals surface area contributed by atoms with Crippen LogP contribution in [0.25, 0.3) is 0 Å². The molecule has 5 nitrogen and oxygen atoms in total. The average Bonchev–Trinajstić information content (AvgIpc) is 3.40. The molecule has 0 spiro atoms. The highest BCUT2D eigenvalue weighted by Crippen LogP contribution is 2.41. The Morgan fingerprint density at radius 3 is 2.30 bits per heavy atom. The standard InChI is InChI=1S/C22H26N2O3/c1-13(2)27-20-8-6-5-7-19(20)24-22(26)18-12-17(18)21(25)23-16-10-9-14(3)15(4)11-16/h5-11,13,17-18H,12H2,1-4H3,(H,23,25)(H,24,26). The van der Waals surface area contributed by atoms with Gasteiger partial charge in [0, 0.05) is 5.69 Å². The summed E-state index contributed by atoms with van der Waals surface area (Å²) in [6.07, 6.45) is 0.580. The molecule has 2 aromatic carbocycles. The van der Waals surface area contributed by atoms with Crippen LogP contribution in [0, 0.1) is 25.7 Å². The first-order valence-corrected chi connectivity index (χ1v) is 9.30. The van der Waals surface area contributed by atoms with Crippen LogP contribution < -0.4 is 15.4 Å².